The van der Waals surface area contributed by atoms with Crippen molar-refractivity contribution in [3.8, 4) is 5.75 Å². The molecule has 4 amide bonds. The summed E-state index contributed by atoms with van der Waals surface area (Å²) >= 11 is 0. The molecule has 43 heavy (non-hydrogen) atoms. The van der Waals surface area contributed by atoms with Crippen LogP contribution in [0.5, 0.6) is 5.75 Å². The molecular weight excluding hydrogens is 544 g/mol. The number of H-pyrrole nitrogens is 1. The first kappa shape index (κ1) is 28.0. The minimum atomic E-state index is -0.828. The van der Waals surface area contributed by atoms with Gasteiger partial charge in [-0.25, -0.2) is 4.79 Å². The van der Waals surface area contributed by atoms with Gasteiger partial charge in [0.05, 0.1) is 18.3 Å². The van der Waals surface area contributed by atoms with Gasteiger partial charge in [-0.2, -0.15) is 5.10 Å². The summed E-state index contributed by atoms with van der Waals surface area (Å²) in [5.41, 5.74) is 3.49. The van der Waals surface area contributed by atoms with Crippen molar-refractivity contribution in [1.82, 2.24) is 30.2 Å². The summed E-state index contributed by atoms with van der Waals surface area (Å²) in [6.07, 6.45) is 3.57. The minimum Gasteiger partial charge on any atom is -0.508 e. The molecule has 2 aliphatic heterocycles. The lowest BCUT2D eigenvalue weighted by Crippen LogP contribution is -2.74. The number of hydrogen-bond acceptors (Lipinski definition) is 5. The summed E-state index contributed by atoms with van der Waals surface area (Å²) in [7, 11) is 0. The van der Waals surface area contributed by atoms with E-state index in [0.29, 0.717) is 13.0 Å². The molecule has 0 spiro atoms. The van der Waals surface area contributed by atoms with Crippen molar-refractivity contribution in [2.45, 2.75) is 50.6 Å². The fourth-order valence-corrected chi connectivity index (χ4v) is 6.23. The Bertz CT molecular complexity index is 1640. The third-order valence-electron chi connectivity index (χ3n) is 8.30. The second-order valence-corrected chi connectivity index (χ2v) is 11.1. The molecule has 3 unspecified atom stereocenters. The monoisotopic (exact) mass is 578 g/mol. The van der Waals surface area contributed by atoms with Crippen LogP contribution >= 0.6 is 0 Å². The van der Waals surface area contributed by atoms with Crippen LogP contribution in [-0.2, 0) is 29.1 Å². The molecule has 3 aromatic carbocycles. The van der Waals surface area contributed by atoms with E-state index >= 15 is 0 Å². The lowest BCUT2D eigenvalue weighted by molar-refractivity contribution is -0.170. The summed E-state index contributed by atoms with van der Waals surface area (Å²) in [4.78, 5) is 46.9. The summed E-state index contributed by atoms with van der Waals surface area (Å²) in [5.74, 6) is -0.245. The van der Waals surface area contributed by atoms with E-state index < -0.39 is 18.2 Å². The number of aromatic hydroxyl groups is 1. The van der Waals surface area contributed by atoms with Gasteiger partial charge >= 0.3 is 6.03 Å². The summed E-state index contributed by atoms with van der Waals surface area (Å²) in [6.45, 7) is 4.66. The largest absolute Gasteiger partial charge is 0.508 e. The van der Waals surface area contributed by atoms with Gasteiger partial charge in [-0.15, -0.1) is 6.58 Å². The van der Waals surface area contributed by atoms with Gasteiger partial charge in [-0.1, -0.05) is 66.7 Å². The first-order chi connectivity index (χ1) is 20.9. The molecule has 0 aliphatic carbocycles. The minimum absolute atomic E-state index is 0.0914. The quantitative estimate of drug-likeness (QED) is 0.274. The first-order valence-corrected chi connectivity index (χ1v) is 14.4. The molecule has 1 aromatic heterocycles. The SMILES string of the molecule is C=CCC1CC(=O)N2C(Cc3ccc(O)cc3)C(=O)N(Cc3cccc4cn[nH]c34)CC2N1C(=O)NCc1ccccc1. The van der Waals surface area contributed by atoms with E-state index in [1.165, 1.54) is 0 Å². The van der Waals surface area contributed by atoms with Crippen molar-refractivity contribution >= 4 is 28.7 Å². The number of phenolic OH excluding ortho intramolecular Hbond substituents is 1. The first-order valence-electron chi connectivity index (χ1n) is 14.4. The fourth-order valence-electron chi connectivity index (χ4n) is 6.23. The maximum atomic E-state index is 14.2. The number of rotatable bonds is 8. The summed E-state index contributed by atoms with van der Waals surface area (Å²) < 4.78 is 0. The van der Waals surface area contributed by atoms with Crippen LogP contribution in [0.1, 0.15) is 29.5 Å². The number of aromatic amines is 1. The van der Waals surface area contributed by atoms with Crippen LogP contribution in [0.3, 0.4) is 0 Å². The number of carbonyl (C=O) groups excluding carboxylic acids is 3. The predicted octanol–water partition coefficient (Wildman–Crippen LogP) is 3.94. The Morgan fingerprint density at radius 3 is 2.60 bits per heavy atom. The van der Waals surface area contributed by atoms with Gasteiger partial charge < -0.3 is 20.2 Å². The Balaban J connectivity index is 1.36. The van der Waals surface area contributed by atoms with Gasteiger partial charge in [0.15, 0.2) is 0 Å². The van der Waals surface area contributed by atoms with Crippen LogP contribution in [0.25, 0.3) is 10.9 Å². The second kappa shape index (κ2) is 12.0. The molecule has 0 bridgehead atoms. The third-order valence-corrected chi connectivity index (χ3v) is 8.30. The zero-order valence-electron chi connectivity index (χ0n) is 23.7. The van der Waals surface area contributed by atoms with Crippen LogP contribution in [-0.4, -0.2) is 72.6 Å². The Morgan fingerprint density at radius 2 is 1.84 bits per heavy atom. The number of amides is 4. The number of piperazine rings is 1. The molecule has 10 heteroatoms. The molecule has 2 saturated heterocycles. The van der Waals surface area contributed by atoms with Gasteiger partial charge in [0.25, 0.3) is 0 Å². The highest BCUT2D eigenvalue weighted by Crippen LogP contribution is 2.33. The zero-order valence-corrected chi connectivity index (χ0v) is 23.7. The fraction of sp³-hybridized carbons (Fsp3) is 0.273. The number of carbonyl (C=O) groups is 3. The van der Waals surface area contributed by atoms with Crippen LogP contribution in [0, 0.1) is 0 Å². The highest BCUT2D eigenvalue weighted by atomic mass is 16.3. The van der Waals surface area contributed by atoms with Crippen LogP contribution in [0.2, 0.25) is 0 Å². The molecule has 3 atom stereocenters. The average Bonchev–Trinajstić information content (AvgIpc) is 3.50. The van der Waals surface area contributed by atoms with E-state index in [1.54, 1.807) is 51.2 Å². The molecule has 4 aromatic rings. The topological polar surface area (TPSA) is 122 Å². The lowest BCUT2D eigenvalue weighted by Gasteiger charge is -2.54. The molecule has 3 heterocycles. The number of aromatic nitrogens is 2. The lowest BCUT2D eigenvalue weighted by atomic mass is 9.93. The smallest absolute Gasteiger partial charge is 0.319 e. The van der Waals surface area contributed by atoms with Crippen LogP contribution in [0.4, 0.5) is 4.79 Å². The van der Waals surface area contributed by atoms with Crippen molar-refractivity contribution in [2.24, 2.45) is 0 Å². The van der Waals surface area contributed by atoms with Crippen molar-refractivity contribution in [2.75, 3.05) is 6.54 Å². The van der Waals surface area contributed by atoms with Crippen molar-refractivity contribution in [1.29, 1.82) is 0 Å². The molecule has 0 radical (unpaired) electrons. The molecule has 2 aliphatic rings. The second-order valence-electron chi connectivity index (χ2n) is 11.1. The number of urea groups is 1. The number of phenols is 1. The highest BCUT2D eigenvalue weighted by Gasteiger charge is 2.51. The number of nitrogens with one attached hydrogen (secondary N) is 2. The molecule has 220 valence electrons. The van der Waals surface area contributed by atoms with Crippen molar-refractivity contribution < 1.29 is 19.5 Å². The Kier molecular flexibility index (Phi) is 7.83. The Morgan fingerprint density at radius 1 is 1.05 bits per heavy atom. The number of benzene rings is 3. The van der Waals surface area contributed by atoms with Gasteiger partial charge in [-0.3, -0.25) is 19.6 Å². The van der Waals surface area contributed by atoms with E-state index in [9.17, 15) is 19.5 Å². The van der Waals surface area contributed by atoms with Gasteiger partial charge in [0, 0.05) is 37.4 Å². The van der Waals surface area contributed by atoms with E-state index in [1.807, 2.05) is 48.5 Å². The number of para-hydroxylation sites is 1. The Hall–Kier alpha value is -5.12. The normalized spacial score (nSPS) is 20.3. The van der Waals surface area contributed by atoms with Crippen molar-refractivity contribution in [3.63, 3.8) is 0 Å². The molecular formula is C33H34N6O4. The Labute approximate surface area is 249 Å². The molecule has 6 rings (SSSR count). The van der Waals surface area contributed by atoms with Gasteiger partial charge in [-0.05, 0) is 35.2 Å². The summed E-state index contributed by atoms with van der Waals surface area (Å²) in [6, 6.07) is 20.6. The standard InChI is InChI=1S/C33H34N6O4/c1-2-7-26-17-30(41)39-28(16-22-12-14-27(40)15-13-22)32(42)37(20-25-11-6-10-24-19-35-36-31(24)25)21-29(39)38(26)33(43)34-18-23-8-4-3-5-9-23/h2-6,8-15,19,26,28-29,40H,1,7,16-18,20-21H2,(H,34,43)(H,35,36). The van der Waals surface area contributed by atoms with E-state index in [-0.39, 0.29) is 49.5 Å². The molecule has 2 fully saturated rings. The van der Waals surface area contributed by atoms with E-state index in [4.69, 9.17) is 0 Å². The molecule has 0 saturated carbocycles. The predicted molar refractivity (Wildman–Crippen MR) is 161 cm³/mol. The number of hydrogen-bond donors (Lipinski definition) is 3. The maximum absolute atomic E-state index is 14.2. The highest BCUT2D eigenvalue weighted by molar-refractivity contribution is 5.92. The zero-order chi connectivity index (χ0) is 29.9. The summed E-state index contributed by atoms with van der Waals surface area (Å²) in [5, 5.41) is 21.0. The number of fused-ring (bicyclic) bond motifs is 2. The van der Waals surface area contributed by atoms with Gasteiger partial charge in [0.2, 0.25) is 11.8 Å². The number of nitrogens with zero attached hydrogens (tertiary/aromatic N) is 4. The van der Waals surface area contributed by atoms with Crippen LogP contribution < -0.4 is 5.32 Å². The average molecular weight is 579 g/mol. The van der Waals surface area contributed by atoms with Crippen molar-refractivity contribution in [3.05, 3.63) is 108 Å². The third kappa shape index (κ3) is 5.68. The van der Waals surface area contributed by atoms with E-state index in [2.05, 4.69) is 22.1 Å². The van der Waals surface area contributed by atoms with Crippen LogP contribution in [0.15, 0.2) is 91.6 Å². The van der Waals surface area contributed by atoms with Gasteiger partial charge in [0.1, 0.15) is 18.0 Å². The van der Waals surface area contributed by atoms with E-state index in [0.717, 1.165) is 27.6 Å². The molecule has 3 N–H and O–H groups in total. The molecule has 10 nitrogen and oxygen atoms in total. The maximum Gasteiger partial charge on any atom is 0.319 e.